The number of fused-ring (bicyclic) bond motifs is 2. The van der Waals surface area contributed by atoms with E-state index >= 15 is 0 Å². The van der Waals surface area contributed by atoms with Crippen LogP contribution in [0.25, 0.3) is 0 Å². The van der Waals surface area contributed by atoms with Crippen molar-refractivity contribution in [3.8, 4) is 0 Å². The van der Waals surface area contributed by atoms with Crippen molar-refractivity contribution < 1.29 is 10.2 Å². The Hall–Kier alpha value is -1.13. The molecule has 24 heavy (non-hydrogen) atoms. The summed E-state index contributed by atoms with van der Waals surface area (Å²) in [6, 6.07) is 0. The van der Waals surface area contributed by atoms with Gasteiger partial charge in [-0.25, -0.2) is 0 Å². The first-order chi connectivity index (χ1) is 11.5. The van der Waals surface area contributed by atoms with E-state index in [9.17, 15) is 10.2 Å². The molecule has 0 aromatic carbocycles. The molecule has 132 valence electrons. The van der Waals surface area contributed by atoms with E-state index in [1.807, 2.05) is 6.20 Å². The van der Waals surface area contributed by atoms with Gasteiger partial charge in [0.1, 0.15) is 0 Å². The zero-order valence-electron chi connectivity index (χ0n) is 14.8. The Morgan fingerprint density at radius 3 is 2.83 bits per heavy atom. The van der Waals surface area contributed by atoms with E-state index in [2.05, 4.69) is 36.2 Å². The Kier molecular flexibility index (Phi) is 3.88. The van der Waals surface area contributed by atoms with Gasteiger partial charge in [-0.1, -0.05) is 26.0 Å². The van der Waals surface area contributed by atoms with Crippen molar-refractivity contribution in [3.63, 3.8) is 0 Å². The van der Waals surface area contributed by atoms with Crippen LogP contribution in [0.2, 0.25) is 0 Å². The van der Waals surface area contributed by atoms with Crippen LogP contribution in [0.4, 0.5) is 0 Å². The lowest BCUT2D eigenvalue weighted by atomic mass is 9.50. The van der Waals surface area contributed by atoms with Crippen molar-refractivity contribution in [1.82, 2.24) is 10.2 Å². The summed E-state index contributed by atoms with van der Waals surface area (Å²) in [4.78, 5) is 0. The topological polar surface area (TPSA) is 69.1 Å². The van der Waals surface area contributed by atoms with Crippen molar-refractivity contribution in [2.45, 2.75) is 46.0 Å². The molecule has 1 fully saturated rings. The summed E-state index contributed by atoms with van der Waals surface area (Å²) in [6.45, 7) is 5.19. The third-order valence-corrected chi connectivity index (χ3v) is 7.80. The Morgan fingerprint density at radius 2 is 2.08 bits per heavy atom. The van der Waals surface area contributed by atoms with Gasteiger partial charge in [0.25, 0.3) is 0 Å². The molecule has 0 aliphatic heterocycles. The van der Waals surface area contributed by atoms with Gasteiger partial charge >= 0.3 is 0 Å². The van der Waals surface area contributed by atoms with Crippen molar-refractivity contribution in [2.24, 2.45) is 34.5 Å². The second kappa shape index (κ2) is 5.70. The minimum absolute atomic E-state index is 0.0307. The van der Waals surface area contributed by atoms with Gasteiger partial charge in [-0.05, 0) is 72.2 Å². The lowest BCUT2D eigenvalue weighted by Gasteiger charge is -2.55. The minimum atomic E-state index is 0.0307. The molecule has 0 unspecified atom stereocenters. The number of allylic oxidation sites excluding steroid dienone is 2. The molecule has 3 N–H and O–H groups in total. The highest BCUT2D eigenvalue weighted by molar-refractivity contribution is 5.25. The van der Waals surface area contributed by atoms with Crippen LogP contribution in [0.5, 0.6) is 0 Å². The van der Waals surface area contributed by atoms with Gasteiger partial charge in [-0.15, -0.1) is 0 Å². The average molecular weight is 330 g/mol. The highest BCUT2D eigenvalue weighted by atomic mass is 16.3. The summed E-state index contributed by atoms with van der Waals surface area (Å²) >= 11 is 0. The van der Waals surface area contributed by atoms with Gasteiger partial charge < -0.3 is 10.2 Å². The number of aliphatic hydroxyl groups is 2. The Balaban J connectivity index is 1.68. The SMILES string of the molecule is C[C@]1([C@H]2CC[C@]3(C)C=CC[C@H]3[C@@H]2CO)Cc2cn[nH]c2C[C@@H]1CO. The van der Waals surface area contributed by atoms with Crippen LogP contribution in [-0.2, 0) is 12.8 Å². The molecule has 3 aliphatic rings. The van der Waals surface area contributed by atoms with Crippen molar-refractivity contribution in [2.75, 3.05) is 13.2 Å². The zero-order chi connectivity index (χ0) is 16.9. The van der Waals surface area contributed by atoms with E-state index in [1.165, 1.54) is 17.7 Å². The number of rotatable bonds is 3. The van der Waals surface area contributed by atoms with Crippen LogP contribution >= 0.6 is 0 Å². The van der Waals surface area contributed by atoms with Crippen LogP contribution in [0.1, 0.15) is 44.4 Å². The summed E-state index contributed by atoms with van der Waals surface area (Å²) < 4.78 is 0. The first kappa shape index (κ1) is 16.3. The monoisotopic (exact) mass is 330 g/mol. The number of aliphatic hydroxyl groups excluding tert-OH is 2. The Morgan fingerprint density at radius 1 is 1.25 bits per heavy atom. The molecule has 1 aromatic rings. The van der Waals surface area contributed by atoms with Gasteiger partial charge in [0, 0.05) is 18.9 Å². The van der Waals surface area contributed by atoms with Crippen LogP contribution in [0.15, 0.2) is 18.3 Å². The number of nitrogens with one attached hydrogen (secondary N) is 1. The molecule has 1 saturated carbocycles. The fraction of sp³-hybridized carbons (Fsp3) is 0.750. The predicted octanol–water partition coefficient (Wildman–Crippen LogP) is 2.72. The van der Waals surface area contributed by atoms with Crippen LogP contribution in [0, 0.1) is 34.5 Å². The molecule has 6 atom stereocenters. The summed E-state index contributed by atoms with van der Waals surface area (Å²) in [7, 11) is 0. The van der Waals surface area contributed by atoms with Crippen LogP contribution in [-0.4, -0.2) is 33.6 Å². The van der Waals surface area contributed by atoms with Gasteiger partial charge in [0.05, 0.1) is 6.20 Å². The normalized spacial score (nSPS) is 44.3. The maximum absolute atomic E-state index is 10.3. The van der Waals surface area contributed by atoms with E-state index in [4.69, 9.17) is 0 Å². The van der Waals surface area contributed by atoms with E-state index in [1.54, 1.807) is 0 Å². The summed E-state index contributed by atoms with van der Waals surface area (Å²) in [6.07, 6.45) is 11.9. The summed E-state index contributed by atoms with van der Waals surface area (Å²) in [5.74, 6) is 1.57. The maximum Gasteiger partial charge on any atom is 0.0522 e. The van der Waals surface area contributed by atoms with Crippen molar-refractivity contribution in [1.29, 1.82) is 0 Å². The molecule has 3 aliphatic carbocycles. The predicted molar refractivity (Wildman–Crippen MR) is 93.3 cm³/mol. The molecule has 4 heteroatoms. The fourth-order valence-corrected chi connectivity index (χ4v) is 6.25. The van der Waals surface area contributed by atoms with E-state index in [0.29, 0.717) is 17.8 Å². The number of nitrogens with zero attached hydrogens (tertiary/aromatic N) is 1. The van der Waals surface area contributed by atoms with Crippen molar-refractivity contribution >= 4 is 0 Å². The lowest BCUT2D eigenvalue weighted by Crippen LogP contribution is -2.52. The fourth-order valence-electron chi connectivity index (χ4n) is 6.25. The molecule has 4 rings (SSSR count). The first-order valence-corrected chi connectivity index (χ1v) is 9.42. The molecule has 0 amide bonds. The number of aromatic amines is 1. The van der Waals surface area contributed by atoms with E-state index in [0.717, 1.165) is 25.7 Å². The summed E-state index contributed by atoms with van der Waals surface area (Å²) in [5.41, 5.74) is 2.78. The second-order valence-corrected chi connectivity index (χ2v) is 8.88. The van der Waals surface area contributed by atoms with Gasteiger partial charge in [-0.2, -0.15) is 5.10 Å². The third-order valence-electron chi connectivity index (χ3n) is 7.80. The van der Waals surface area contributed by atoms with Gasteiger partial charge in [0.15, 0.2) is 0 Å². The van der Waals surface area contributed by atoms with Crippen LogP contribution < -0.4 is 0 Å². The number of hydrogen-bond donors (Lipinski definition) is 3. The first-order valence-electron chi connectivity index (χ1n) is 9.42. The van der Waals surface area contributed by atoms with E-state index < -0.39 is 0 Å². The van der Waals surface area contributed by atoms with Crippen molar-refractivity contribution in [3.05, 3.63) is 29.6 Å². The Bertz CT molecular complexity index is 639. The molecular formula is C20H30N2O2. The van der Waals surface area contributed by atoms with Crippen LogP contribution in [0.3, 0.4) is 0 Å². The molecular weight excluding hydrogens is 300 g/mol. The standard InChI is InChI=1S/C20H30N2O2/c1-19-6-3-4-16(19)15(12-24)17(5-7-19)20(2)9-13-10-21-22-18(13)8-14(20)11-23/h3,6,10,14-17,23-24H,4-5,7-9,11-12H2,1-2H3,(H,21,22)/t14-,15+,16+,17+,19+,20+/m1/s1. The molecule has 1 heterocycles. The Labute approximate surface area is 144 Å². The molecule has 1 aromatic heterocycles. The third kappa shape index (κ3) is 2.22. The second-order valence-electron chi connectivity index (χ2n) is 8.88. The minimum Gasteiger partial charge on any atom is -0.396 e. The number of hydrogen-bond acceptors (Lipinski definition) is 3. The number of H-pyrrole nitrogens is 1. The zero-order valence-corrected chi connectivity index (χ0v) is 14.8. The molecule has 0 saturated heterocycles. The smallest absolute Gasteiger partial charge is 0.0522 e. The quantitative estimate of drug-likeness (QED) is 0.747. The molecule has 0 radical (unpaired) electrons. The highest BCUT2D eigenvalue weighted by Crippen LogP contribution is 2.59. The number of aromatic nitrogens is 2. The molecule has 0 bridgehead atoms. The maximum atomic E-state index is 10.3. The van der Waals surface area contributed by atoms with Gasteiger partial charge in [0.2, 0.25) is 0 Å². The largest absolute Gasteiger partial charge is 0.396 e. The lowest BCUT2D eigenvalue weighted by molar-refractivity contribution is -0.0734. The average Bonchev–Trinajstić information content (AvgIpc) is 3.17. The molecule has 0 spiro atoms. The van der Waals surface area contributed by atoms with E-state index in [-0.39, 0.29) is 30.0 Å². The highest BCUT2D eigenvalue weighted by Gasteiger charge is 2.54. The van der Waals surface area contributed by atoms with Gasteiger partial charge in [-0.3, -0.25) is 5.10 Å². The summed E-state index contributed by atoms with van der Waals surface area (Å²) in [5, 5.41) is 27.7. The molecule has 4 nitrogen and oxygen atoms in total.